The highest BCUT2D eigenvalue weighted by molar-refractivity contribution is 6.39. The zero-order valence-corrected chi connectivity index (χ0v) is 8.29. The second-order valence-corrected chi connectivity index (χ2v) is 3.23. The molecule has 1 rings (SSSR count). The SMILES string of the molecule is C=CCNc1c(Cl)cc(F)cc1Cl. The highest BCUT2D eigenvalue weighted by Crippen LogP contribution is 2.30. The lowest BCUT2D eigenvalue weighted by Crippen LogP contribution is -1.99. The molecule has 0 spiro atoms. The van der Waals surface area contributed by atoms with Gasteiger partial charge in [-0.3, -0.25) is 0 Å². The van der Waals surface area contributed by atoms with E-state index in [1.807, 2.05) is 0 Å². The normalized spacial score (nSPS) is 9.77. The minimum Gasteiger partial charge on any atom is -0.379 e. The fraction of sp³-hybridized carbons (Fsp3) is 0.111. The van der Waals surface area contributed by atoms with Gasteiger partial charge in [0.05, 0.1) is 15.7 Å². The van der Waals surface area contributed by atoms with Crippen LogP contribution in [-0.4, -0.2) is 6.54 Å². The number of hydrogen-bond acceptors (Lipinski definition) is 1. The summed E-state index contributed by atoms with van der Waals surface area (Å²) >= 11 is 11.5. The number of hydrogen-bond donors (Lipinski definition) is 1. The minimum absolute atomic E-state index is 0.270. The molecule has 0 heterocycles. The van der Waals surface area contributed by atoms with Crippen LogP contribution < -0.4 is 5.32 Å². The first-order valence-corrected chi connectivity index (χ1v) is 4.40. The van der Waals surface area contributed by atoms with E-state index in [2.05, 4.69) is 11.9 Å². The molecule has 0 aliphatic rings. The number of nitrogens with one attached hydrogen (secondary N) is 1. The molecular formula is C9H8Cl2FN. The van der Waals surface area contributed by atoms with Gasteiger partial charge in [0.15, 0.2) is 0 Å². The molecule has 0 saturated heterocycles. The predicted octanol–water partition coefficient (Wildman–Crippen LogP) is 3.73. The molecule has 1 aromatic carbocycles. The molecule has 0 aromatic heterocycles. The molecule has 0 radical (unpaired) electrons. The molecule has 13 heavy (non-hydrogen) atoms. The van der Waals surface area contributed by atoms with Gasteiger partial charge in [0.2, 0.25) is 0 Å². The molecular weight excluding hydrogens is 212 g/mol. The molecule has 0 aliphatic heterocycles. The monoisotopic (exact) mass is 219 g/mol. The summed E-state index contributed by atoms with van der Waals surface area (Å²) in [6.07, 6.45) is 1.66. The summed E-state index contributed by atoms with van der Waals surface area (Å²) in [6, 6.07) is 2.41. The number of anilines is 1. The van der Waals surface area contributed by atoms with Crippen LogP contribution in [0.3, 0.4) is 0 Å². The van der Waals surface area contributed by atoms with Crippen LogP contribution in [0.1, 0.15) is 0 Å². The van der Waals surface area contributed by atoms with E-state index >= 15 is 0 Å². The molecule has 0 unspecified atom stereocenters. The van der Waals surface area contributed by atoms with Gasteiger partial charge in [-0.1, -0.05) is 29.3 Å². The van der Waals surface area contributed by atoms with E-state index in [9.17, 15) is 4.39 Å². The molecule has 1 nitrogen and oxygen atoms in total. The second-order valence-electron chi connectivity index (χ2n) is 2.41. The van der Waals surface area contributed by atoms with Crippen LogP contribution in [0, 0.1) is 5.82 Å². The fourth-order valence-corrected chi connectivity index (χ4v) is 1.48. The first-order valence-electron chi connectivity index (χ1n) is 3.64. The van der Waals surface area contributed by atoms with E-state index in [1.165, 1.54) is 12.1 Å². The Labute approximate surface area is 86.2 Å². The standard InChI is InChI=1S/C9H8Cl2FN/c1-2-3-13-9-7(10)4-6(12)5-8(9)11/h2,4-5,13H,1,3H2. The van der Waals surface area contributed by atoms with Crippen LogP contribution in [0.15, 0.2) is 24.8 Å². The molecule has 1 aromatic rings. The van der Waals surface area contributed by atoms with Gasteiger partial charge in [0.1, 0.15) is 5.82 Å². The average molecular weight is 220 g/mol. The van der Waals surface area contributed by atoms with Crippen LogP contribution in [0.2, 0.25) is 10.0 Å². The van der Waals surface area contributed by atoms with E-state index in [1.54, 1.807) is 6.08 Å². The summed E-state index contributed by atoms with van der Waals surface area (Å²) in [7, 11) is 0. The van der Waals surface area contributed by atoms with Gasteiger partial charge in [0, 0.05) is 6.54 Å². The molecule has 1 N–H and O–H groups in total. The lowest BCUT2D eigenvalue weighted by molar-refractivity contribution is 0.628. The molecule has 0 bridgehead atoms. The Bertz CT molecular complexity index is 302. The third-order valence-corrected chi connectivity index (χ3v) is 2.03. The number of rotatable bonds is 3. The van der Waals surface area contributed by atoms with Gasteiger partial charge < -0.3 is 5.32 Å². The maximum atomic E-state index is 12.7. The Kier molecular flexibility index (Phi) is 3.58. The van der Waals surface area contributed by atoms with Crippen molar-refractivity contribution < 1.29 is 4.39 Å². The van der Waals surface area contributed by atoms with Gasteiger partial charge in [-0.05, 0) is 12.1 Å². The van der Waals surface area contributed by atoms with E-state index in [0.29, 0.717) is 12.2 Å². The van der Waals surface area contributed by atoms with Crippen molar-refractivity contribution in [2.75, 3.05) is 11.9 Å². The van der Waals surface area contributed by atoms with E-state index < -0.39 is 5.82 Å². The van der Waals surface area contributed by atoms with Crippen molar-refractivity contribution in [2.45, 2.75) is 0 Å². The third kappa shape index (κ3) is 2.61. The summed E-state index contributed by atoms with van der Waals surface area (Å²) in [4.78, 5) is 0. The third-order valence-electron chi connectivity index (χ3n) is 1.43. The van der Waals surface area contributed by atoms with Crippen LogP contribution >= 0.6 is 23.2 Å². The first-order chi connectivity index (χ1) is 6.15. The topological polar surface area (TPSA) is 12.0 Å². The summed E-state index contributed by atoms with van der Waals surface area (Å²) < 4.78 is 12.7. The quantitative estimate of drug-likeness (QED) is 0.765. The van der Waals surface area contributed by atoms with Gasteiger partial charge in [-0.15, -0.1) is 6.58 Å². The second kappa shape index (κ2) is 4.49. The summed E-state index contributed by atoms with van der Waals surface area (Å²) in [5.74, 6) is -0.445. The molecule has 0 atom stereocenters. The Hall–Kier alpha value is -0.730. The Morgan fingerprint density at radius 1 is 1.38 bits per heavy atom. The smallest absolute Gasteiger partial charge is 0.126 e. The Morgan fingerprint density at radius 2 is 1.92 bits per heavy atom. The van der Waals surface area contributed by atoms with E-state index in [-0.39, 0.29) is 10.0 Å². The lowest BCUT2D eigenvalue weighted by atomic mass is 10.3. The van der Waals surface area contributed by atoms with Crippen molar-refractivity contribution >= 4 is 28.9 Å². The van der Waals surface area contributed by atoms with Crippen molar-refractivity contribution in [3.8, 4) is 0 Å². The van der Waals surface area contributed by atoms with Crippen LogP contribution in [0.4, 0.5) is 10.1 Å². The molecule has 0 fully saturated rings. The largest absolute Gasteiger partial charge is 0.379 e. The summed E-state index contributed by atoms with van der Waals surface area (Å²) in [5.41, 5.74) is 0.532. The zero-order chi connectivity index (χ0) is 9.84. The Balaban J connectivity index is 2.98. The molecule has 0 saturated carbocycles. The van der Waals surface area contributed by atoms with Crippen LogP contribution in [-0.2, 0) is 0 Å². The van der Waals surface area contributed by atoms with E-state index in [0.717, 1.165) is 0 Å². The average Bonchev–Trinajstić information content (AvgIpc) is 2.02. The van der Waals surface area contributed by atoms with Crippen molar-refractivity contribution in [3.63, 3.8) is 0 Å². The fourth-order valence-electron chi connectivity index (χ4n) is 0.885. The van der Waals surface area contributed by atoms with E-state index in [4.69, 9.17) is 23.2 Å². The highest BCUT2D eigenvalue weighted by atomic mass is 35.5. The maximum absolute atomic E-state index is 12.7. The Morgan fingerprint density at radius 3 is 2.38 bits per heavy atom. The van der Waals surface area contributed by atoms with Crippen molar-refractivity contribution in [1.29, 1.82) is 0 Å². The van der Waals surface area contributed by atoms with Crippen LogP contribution in [0.5, 0.6) is 0 Å². The van der Waals surface area contributed by atoms with Gasteiger partial charge in [0.25, 0.3) is 0 Å². The molecule has 0 amide bonds. The predicted molar refractivity (Wildman–Crippen MR) is 55.1 cm³/mol. The van der Waals surface area contributed by atoms with Gasteiger partial charge in [-0.25, -0.2) is 4.39 Å². The highest BCUT2D eigenvalue weighted by Gasteiger charge is 2.06. The van der Waals surface area contributed by atoms with Crippen molar-refractivity contribution in [1.82, 2.24) is 0 Å². The van der Waals surface area contributed by atoms with Crippen LogP contribution in [0.25, 0.3) is 0 Å². The first kappa shape index (κ1) is 10.4. The number of halogens is 3. The van der Waals surface area contributed by atoms with Crippen molar-refractivity contribution in [3.05, 3.63) is 40.7 Å². The molecule has 4 heteroatoms. The van der Waals surface area contributed by atoms with Crippen molar-refractivity contribution in [2.24, 2.45) is 0 Å². The number of benzene rings is 1. The summed E-state index contributed by atoms with van der Waals surface area (Å²) in [5, 5.41) is 3.45. The van der Waals surface area contributed by atoms with Gasteiger partial charge in [-0.2, -0.15) is 0 Å². The minimum atomic E-state index is -0.445. The molecule has 0 aliphatic carbocycles. The molecule has 70 valence electrons. The maximum Gasteiger partial charge on any atom is 0.126 e. The zero-order valence-electron chi connectivity index (χ0n) is 6.78. The summed E-state index contributed by atoms with van der Waals surface area (Å²) in [6.45, 7) is 4.06. The van der Waals surface area contributed by atoms with Gasteiger partial charge >= 0.3 is 0 Å². The lowest BCUT2D eigenvalue weighted by Gasteiger charge is -2.07.